The number of hydrogen-bond acceptors (Lipinski definition) is 3. The van der Waals surface area contributed by atoms with Gasteiger partial charge in [-0.05, 0) is 58.0 Å². The van der Waals surface area contributed by atoms with Gasteiger partial charge in [0.15, 0.2) is 0 Å². The Morgan fingerprint density at radius 1 is 1.47 bits per heavy atom. The van der Waals surface area contributed by atoms with Gasteiger partial charge in [-0.1, -0.05) is 6.92 Å². The van der Waals surface area contributed by atoms with Gasteiger partial charge in [0, 0.05) is 6.04 Å². The number of rotatable bonds is 8. The third-order valence-electron chi connectivity index (χ3n) is 3.69. The molecule has 1 aliphatic carbocycles. The van der Waals surface area contributed by atoms with Crippen LogP contribution >= 0.6 is 0 Å². The molecule has 0 saturated heterocycles. The highest BCUT2D eigenvalue weighted by molar-refractivity contribution is 5.10. The fourth-order valence-electron chi connectivity index (χ4n) is 2.30. The summed E-state index contributed by atoms with van der Waals surface area (Å²) in [6.07, 6.45) is 6.08. The van der Waals surface area contributed by atoms with Crippen molar-refractivity contribution in [2.75, 3.05) is 20.1 Å². The first-order valence-electron chi connectivity index (χ1n) is 7.25. The van der Waals surface area contributed by atoms with Crippen molar-refractivity contribution >= 4 is 0 Å². The van der Waals surface area contributed by atoms with Crippen LogP contribution in [0.15, 0.2) is 18.3 Å². The molecule has 0 aromatic carbocycles. The second-order valence-electron chi connectivity index (χ2n) is 5.41. The molecule has 4 heteroatoms. The van der Waals surface area contributed by atoms with E-state index in [-0.39, 0.29) is 11.9 Å². The molecule has 1 fully saturated rings. The van der Waals surface area contributed by atoms with Crippen molar-refractivity contribution < 1.29 is 4.39 Å². The van der Waals surface area contributed by atoms with Crippen LogP contribution in [0.2, 0.25) is 0 Å². The lowest BCUT2D eigenvalue weighted by Crippen LogP contribution is -2.29. The Balaban J connectivity index is 1.91. The lowest BCUT2D eigenvalue weighted by atomic mass is 10.1. The van der Waals surface area contributed by atoms with Gasteiger partial charge in [-0.25, -0.2) is 4.39 Å². The summed E-state index contributed by atoms with van der Waals surface area (Å²) in [6, 6.07) is 4.29. The molecule has 1 N–H and O–H groups in total. The summed E-state index contributed by atoms with van der Waals surface area (Å²) < 4.78 is 12.9. The number of nitrogens with zero attached hydrogens (tertiary/aromatic N) is 2. The Bertz CT molecular complexity index is 375. The van der Waals surface area contributed by atoms with E-state index in [1.807, 2.05) is 0 Å². The highest BCUT2D eigenvalue weighted by atomic mass is 19.1. The van der Waals surface area contributed by atoms with Gasteiger partial charge >= 0.3 is 0 Å². The molecule has 0 amide bonds. The van der Waals surface area contributed by atoms with Gasteiger partial charge in [0.1, 0.15) is 5.82 Å². The van der Waals surface area contributed by atoms with Crippen molar-refractivity contribution in [2.24, 2.45) is 0 Å². The van der Waals surface area contributed by atoms with Gasteiger partial charge < -0.3 is 10.2 Å². The molecule has 1 saturated carbocycles. The summed E-state index contributed by atoms with van der Waals surface area (Å²) in [5.41, 5.74) is 0.944. The number of hydrogen-bond donors (Lipinski definition) is 1. The quantitative estimate of drug-likeness (QED) is 0.783. The maximum Gasteiger partial charge on any atom is 0.141 e. The van der Waals surface area contributed by atoms with Crippen LogP contribution in [0.3, 0.4) is 0 Å². The highest BCUT2D eigenvalue weighted by Crippen LogP contribution is 2.26. The van der Waals surface area contributed by atoms with E-state index >= 15 is 0 Å². The second kappa shape index (κ2) is 6.96. The van der Waals surface area contributed by atoms with Crippen LogP contribution in [-0.2, 0) is 0 Å². The monoisotopic (exact) mass is 265 g/mol. The molecule has 19 heavy (non-hydrogen) atoms. The van der Waals surface area contributed by atoms with E-state index in [9.17, 15) is 4.39 Å². The minimum Gasteiger partial charge on any atom is -0.309 e. The zero-order valence-electron chi connectivity index (χ0n) is 11.9. The van der Waals surface area contributed by atoms with Crippen LogP contribution in [0.1, 0.15) is 44.3 Å². The van der Waals surface area contributed by atoms with Gasteiger partial charge in [0.25, 0.3) is 0 Å². The van der Waals surface area contributed by atoms with Crippen LogP contribution in [0.25, 0.3) is 0 Å². The Labute approximate surface area is 115 Å². The molecule has 0 spiro atoms. The van der Waals surface area contributed by atoms with Crippen LogP contribution in [0.5, 0.6) is 0 Å². The van der Waals surface area contributed by atoms with E-state index in [0.29, 0.717) is 0 Å². The number of aromatic nitrogens is 1. The smallest absolute Gasteiger partial charge is 0.141 e. The maximum atomic E-state index is 12.9. The molecule has 0 bridgehead atoms. The molecule has 1 aromatic heterocycles. The first-order chi connectivity index (χ1) is 9.20. The first-order valence-corrected chi connectivity index (χ1v) is 7.25. The molecule has 2 rings (SSSR count). The van der Waals surface area contributed by atoms with Gasteiger partial charge in [-0.3, -0.25) is 4.98 Å². The van der Waals surface area contributed by atoms with Gasteiger partial charge in [-0.2, -0.15) is 0 Å². The minimum atomic E-state index is -0.270. The minimum absolute atomic E-state index is 0.224. The molecule has 0 aliphatic heterocycles. The van der Waals surface area contributed by atoms with Crippen molar-refractivity contribution in [1.82, 2.24) is 15.2 Å². The topological polar surface area (TPSA) is 28.2 Å². The lowest BCUT2D eigenvalue weighted by molar-refractivity contribution is 0.297. The van der Waals surface area contributed by atoms with E-state index in [1.165, 1.54) is 25.1 Å². The lowest BCUT2D eigenvalue weighted by Gasteiger charge is -2.22. The predicted molar refractivity (Wildman–Crippen MR) is 75.5 cm³/mol. The Morgan fingerprint density at radius 3 is 2.84 bits per heavy atom. The van der Waals surface area contributed by atoms with Crippen LogP contribution in [0, 0.1) is 5.82 Å². The third-order valence-corrected chi connectivity index (χ3v) is 3.69. The van der Waals surface area contributed by atoms with Crippen molar-refractivity contribution in [2.45, 2.75) is 44.7 Å². The summed E-state index contributed by atoms with van der Waals surface area (Å²) in [6.45, 7) is 4.18. The highest BCUT2D eigenvalue weighted by Gasteiger charge is 2.26. The van der Waals surface area contributed by atoms with Crippen molar-refractivity contribution in [3.63, 3.8) is 0 Å². The molecule has 0 radical (unpaired) electrons. The van der Waals surface area contributed by atoms with E-state index in [2.05, 4.69) is 29.2 Å². The molecule has 106 valence electrons. The molecule has 3 nitrogen and oxygen atoms in total. The van der Waals surface area contributed by atoms with Crippen molar-refractivity contribution in [3.8, 4) is 0 Å². The van der Waals surface area contributed by atoms with Crippen LogP contribution < -0.4 is 5.32 Å². The molecule has 1 heterocycles. The third kappa shape index (κ3) is 4.55. The standard InChI is InChI=1S/C15H24FN3/c1-3-9-17-15(8-10-19(2)13-5-6-13)14-7-4-12(16)11-18-14/h4,7,11,13,15,17H,3,5-6,8-10H2,1-2H3. The molecule has 1 aromatic rings. The summed E-state index contributed by atoms with van der Waals surface area (Å²) >= 11 is 0. The average Bonchev–Trinajstić information content (AvgIpc) is 3.24. The summed E-state index contributed by atoms with van der Waals surface area (Å²) in [4.78, 5) is 6.63. The zero-order valence-corrected chi connectivity index (χ0v) is 11.9. The van der Waals surface area contributed by atoms with E-state index in [1.54, 1.807) is 6.07 Å². The summed E-state index contributed by atoms with van der Waals surface area (Å²) in [5, 5.41) is 3.51. The first kappa shape index (κ1) is 14.4. The molecule has 1 aliphatic rings. The SMILES string of the molecule is CCCNC(CCN(C)C1CC1)c1ccc(F)cn1. The van der Waals surface area contributed by atoms with E-state index < -0.39 is 0 Å². The van der Waals surface area contributed by atoms with Crippen LogP contribution in [0.4, 0.5) is 4.39 Å². The Morgan fingerprint density at radius 2 is 2.26 bits per heavy atom. The molecule has 1 atom stereocenters. The summed E-state index contributed by atoms with van der Waals surface area (Å²) in [7, 11) is 2.19. The van der Waals surface area contributed by atoms with E-state index in [4.69, 9.17) is 0 Å². The Kier molecular flexibility index (Phi) is 5.28. The number of nitrogens with one attached hydrogen (secondary N) is 1. The predicted octanol–water partition coefficient (Wildman–Crippen LogP) is 2.75. The maximum absolute atomic E-state index is 12.9. The summed E-state index contributed by atoms with van der Waals surface area (Å²) in [5.74, 6) is -0.270. The fraction of sp³-hybridized carbons (Fsp3) is 0.667. The number of halogens is 1. The zero-order chi connectivity index (χ0) is 13.7. The largest absolute Gasteiger partial charge is 0.309 e. The molecule has 1 unspecified atom stereocenters. The fourth-order valence-corrected chi connectivity index (χ4v) is 2.30. The molecular formula is C15H24FN3. The van der Waals surface area contributed by atoms with Gasteiger partial charge in [0.05, 0.1) is 17.9 Å². The normalized spacial score (nSPS) is 16.8. The second-order valence-corrected chi connectivity index (χ2v) is 5.41. The van der Waals surface area contributed by atoms with E-state index in [0.717, 1.165) is 37.7 Å². The average molecular weight is 265 g/mol. The van der Waals surface area contributed by atoms with Gasteiger partial charge in [0.2, 0.25) is 0 Å². The number of pyridine rings is 1. The van der Waals surface area contributed by atoms with Gasteiger partial charge in [-0.15, -0.1) is 0 Å². The molecular weight excluding hydrogens is 241 g/mol. The van der Waals surface area contributed by atoms with Crippen LogP contribution in [-0.4, -0.2) is 36.1 Å². The van der Waals surface area contributed by atoms with Crippen molar-refractivity contribution in [3.05, 3.63) is 29.8 Å². The van der Waals surface area contributed by atoms with Crippen molar-refractivity contribution in [1.29, 1.82) is 0 Å². The Hall–Kier alpha value is -1.00.